The molecular formula is C19H15N5O3. The van der Waals surface area contributed by atoms with Crippen LogP contribution in [0, 0.1) is 6.92 Å². The highest BCUT2D eigenvalue weighted by atomic mass is 16.6. The fourth-order valence-electron chi connectivity index (χ4n) is 2.51. The van der Waals surface area contributed by atoms with Crippen LogP contribution in [0.25, 0.3) is 17.1 Å². The SMILES string of the molecule is Cc1noc(COC(=O)c2nc(-c3ccccc3)n(-c3ccccc3)n2)n1. The Hall–Kier alpha value is -3.81. The Bertz CT molecular complexity index is 1000. The molecule has 0 aliphatic heterocycles. The van der Waals surface area contributed by atoms with Crippen molar-refractivity contribution >= 4 is 5.97 Å². The highest BCUT2D eigenvalue weighted by molar-refractivity contribution is 5.85. The normalized spacial score (nSPS) is 10.7. The largest absolute Gasteiger partial charge is 0.450 e. The molecule has 0 fully saturated rings. The monoisotopic (exact) mass is 361 g/mol. The van der Waals surface area contributed by atoms with E-state index in [0.717, 1.165) is 11.3 Å². The molecule has 0 spiro atoms. The van der Waals surface area contributed by atoms with Crippen LogP contribution in [0.5, 0.6) is 0 Å². The van der Waals surface area contributed by atoms with Crippen molar-refractivity contribution in [1.29, 1.82) is 0 Å². The third-order valence-electron chi connectivity index (χ3n) is 3.72. The Morgan fingerprint density at radius 2 is 1.74 bits per heavy atom. The number of benzene rings is 2. The van der Waals surface area contributed by atoms with Gasteiger partial charge in [0.1, 0.15) is 0 Å². The number of hydrogen-bond donors (Lipinski definition) is 0. The molecule has 27 heavy (non-hydrogen) atoms. The molecule has 0 amide bonds. The van der Waals surface area contributed by atoms with Crippen molar-refractivity contribution in [2.75, 3.05) is 0 Å². The van der Waals surface area contributed by atoms with Crippen LogP contribution in [0.15, 0.2) is 65.2 Å². The number of aryl methyl sites for hydroxylation is 1. The van der Waals surface area contributed by atoms with Crippen LogP contribution in [0.2, 0.25) is 0 Å². The lowest BCUT2D eigenvalue weighted by Gasteiger charge is -2.05. The third kappa shape index (κ3) is 3.59. The topological polar surface area (TPSA) is 95.9 Å². The average Bonchev–Trinajstić information content (AvgIpc) is 3.34. The quantitative estimate of drug-likeness (QED) is 0.504. The second-order valence-electron chi connectivity index (χ2n) is 5.68. The first-order valence-corrected chi connectivity index (χ1v) is 8.25. The van der Waals surface area contributed by atoms with Crippen LogP contribution >= 0.6 is 0 Å². The molecule has 0 saturated heterocycles. The molecule has 0 bridgehead atoms. The van der Waals surface area contributed by atoms with Crippen molar-refractivity contribution in [3.05, 3.63) is 78.2 Å². The number of ether oxygens (including phenoxy) is 1. The van der Waals surface area contributed by atoms with Crippen molar-refractivity contribution < 1.29 is 14.1 Å². The van der Waals surface area contributed by atoms with Gasteiger partial charge >= 0.3 is 5.97 Å². The van der Waals surface area contributed by atoms with Gasteiger partial charge in [0.25, 0.3) is 11.7 Å². The van der Waals surface area contributed by atoms with Crippen molar-refractivity contribution in [2.45, 2.75) is 13.5 Å². The summed E-state index contributed by atoms with van der Waals surface area (Å²) in [6.07, 6.45) is 0. The molecule has 4 aromatic rings. The number of aromatic nitrogens is 5. The molecule has 0 saturated carbocycles. The lowest BCUT2D eigenvalue weighted by atomic mass is 10.2. The maximum absolute atomic E-state index is 12.4. The molecule has 0 aliphatic rings. The highest BCUT2D eigenvalue weighted by Crippen LogP contribution is 2.21. The lowest BCUT2D eigenvalue weighted by Crippen LogP contribution is -2.08. The Kier molecular flexibility index (Phi) is 4.44. The van der Waals surface area contributed by atoms with E-state index in [4.69, 9.17) is 9.26 Å². The second kappa shape index (κ2) is 7.20. The molecule has 0 unspecified atom stereocenters. The summed E-state index contributed by atoms with van der Waals surface area (Å²) in [5.74, 6) is 0.513. The number of para-hydroxylation sites is 1. The molecule has 8 nitrogen and oxygen atoms in total. The summed E-state index contributed by atoms with van der Waals surface area (Å²) < 4.78 is 11.7. The number of nitrogens with zero attached hydrogens (tertiary/aromatic N) is 5. The van der Waals surface area contributed by atoms with E-state index in [1.165, 1.54) is 0 Å². The van der Waals surface area contributed by atoms with Crippen LogP contribution in [-0.4, -0.2) is 30.9 Å². The van der Waals surface area contributed by atoms with Crippen LogP contribution in [0.4, 0.5) is 0 Å². The summed E-state index contributed by atoms with van der Waals surface area (Å²) in [5.41, 5.74) is 1.62. The van der Waals surface area contributed by atoms with Gasteiger partial charge in [0.2, 0.25) is 0 Å². The number of carbonyl (C=O) groups excluding carboxylic acids is 1. The van der Waals surface area contributed by atoms with E-state index in [0.29, 0.717) is 11.6 Å². The molecular weight excluding hydrogens is 346 g/mol. The summed E-state index contributed by atoms with van der Waals surface area (Å²) in [5, 5.41) is 7.99. The van der Waals surface area contributed by atoms with Crippen LogP contribution in [0.3, 0.4) is 0 Å². The minimum absolute atomic E-state index is 0.0473. The average molecular weight is 361 g/mol. The summed E-state index contributed by atoms with van der Waals surface area (Å²) in [4.78, 5) is 20.8. The zero-order chi connectivity index (χ0) is 18.6. The molecule has 8 heteroatoms. The zero-order valence-electron chi connectivity index (χ0n) is 14.4. The fourth-order valence-corrected chi connectivity index (χ4v) is 2.51. The summed E-state index contributed by atoms with van der Waals surface area (Å²) in [7, 11) is 0. The van der Waals surface area contributed by atoms with Crippen molar-refractivity contribution in [3.63, 3.8) is 0 Å². The predicted octanol–water partition coefficient (Wildman–Crippen LogP) is 2.98. The van der Waals surface area contributed by atoms with E-state index in [1.807, 2.05) is 60.7 Å². The first kappa shape index (κ1) is 16.6. The molecule has 0 aliphatic carbocycles. The minimum atomic E-state index is -0.669. The van der Waals surface area contributed by atoms with Gasteiger partial charge in [0, 0.05) is 5.56 Å². The van der Waals surface area contributed by atoms with Gasteiger partial charge in [-0.2, -0.15) is 4.98 Å². The van der Waals surface area contributed by atoms with E-state index in [9.17, 15) is 4.79 Å². The van der Waals surface area contributed by atoms with E-state index in [-0.39, 0.29) is 18.3 Å². The van der Waals surface area contributed by atoms with Gasteiger partial charge in [-0.1, -0.05) is 53.7 Å². The van der Waals surface area contributed by atoms with E-state index >= 15 is 0 Å². The molecule has 0 radical (unpaired) electrons. The maximum Gasteiger partial charge on any atom is 0.378 e. The van der Waals surface area contributed by atoms with E-state index in [1.54, 1.807) is 11.6 Å². The number of hydrogen-bond acceptors (Lipinski definition) is 7. The number of esters is 1. The second-order valence-corrected chi connectivity index (χ2v) is 5.68. The summed E-state index contributed by atoms with van der Waals surface area (Å²) >= 11 is 0. The molecule has 2 aromatic heterocycles. The molecule has 4 rings (SSSR count). The van der Waals surface area contributed by atoms with Crippen molar-refractivity contribution in [3.8, 4) is 17.1 Å². The first-order chi connectivity index (χ1) is 13.2. The van der Waals surface area contributed by atoms with Gasteiger partial charge in [0.05, 0.1) is 5.69 Å². The van der Waals surface area contributed by atoms with Gasteiger partial charge in [-0.05, 0) is 19.1 Å². The van der Waals surface area contributed by atoms with Crippen molar-refractivity contribution in [2.24, 2.45) is 0 Å². The fraction of sp³-hybridized carbons (Fsp3) is 0.105. The van der Waals surface area contributed by atoms with Gasteiger partial charge in [-0.25, -0.2) is 14.5 Å². The maximum atomic E-state index is 12.4. The van der Waals surface area contributed by atoms with Crippen LogP contribution < -0.4 is 0 Å². The standard InChI is InChI=1S/C19H15N5O3/c1-13-20-16(27-23-13)12-26-19(25)17-21-18(14-8-4-2-5-9-14)24(22-17)15-10-6-3-7-11-15/h2-11H,12H2,1H3. The number of rotatable bonds is 5. The molecule has 2 heterocycles. The van der Waals surface area contributed by atoms with Gasteiger partial charge in [-0.15, -0.1) is 5.10 Å². The Morgan fingerprint density at radius 3 is 2.41 bits per heavy atom. The van der Waals surface area contributed by atoms with Crippen LogP contribution in [-0.2, 0) is 11.3 Å². The first-order valence-electron chi connectivity index (χ1n) is 8.25. The predicted molar refractivity (Wildman–Crippen MR) is 94.9 cm³/mol. The third-order valence-corrected chi connectivity index (χ3v) is 3.72. The minimum Gasteiger partial charge on any atom is -0.450 e. The smallest absolute Gasteiger partial charge is 0.378 e. The molecule has 0 atom stereocenters. The molecule has 2 aromatic carbocycles. The van der Waals surface area contributed by atoms with E-state index < -0.39 is 5.97 Å². The zero-order valence-corrected chi connectivity index (χ0v) is 14.4. The molecule has 0 N–H and O–H groups in total. The highest BCUT2D eigenvalue weighted by Gasteiger charge is 2.20. The van der Waals surface area contributed by atoms with E-state index in [2.05, 4.69) is 20.2 Å². The lowest BCUT2D eigenvalue weighted by molar-refractivity contribution is 0.0415. The molecule has 134 valence electrons. The van der Waals surface area contributed by atoms with Crippen molar-refractivity contribution in [1.82, 2.24) is 24.9 Å². The Morgan fingerprint density at radius 1 is 1.04 bits per heavy atom. The summed E-state index contributed by atoms with van der Waals surface area (Å²) in [6.45, 7) is 1.55. The Balaban J connectivity index is 1.65. The van der Waals surface area contributed by atoms with Crippen LogP contribution in [0.1, 0.15) is 22.3 Å². The van der Waals surface area contributed by atoms with Gasteiger partial charge in [0.15, 0.2) is 18.3 Å². The van der Waals surface area contributed by atoms with Gasteiger partial charge < -0.3 is 9.26 Å². The Labute approximate surface area is 154 Å². The number of carbonyl (C=O) groups is 1. The summed E-state index contributed by atoms with van der Waals surface area (Å²) in [6, 6.07) is 19.0. The van der Waals surface area contributed by atoms with Gasteiger partial charge in [-0.3, -0.25) is 0 Å².